The molecule has 0 aliphatic rings. The number of benzene rings is 1. The first kappa shape index (κ1) is 25.7. The van der Waals surface area contributed by atoms with Gasteiger partial charge in [-0.3, -0.25) is 9.59 Å². The molecule has 0 spiro atoms. The van der Waals surface area contributed by atoms with Crippen molar-refractivity contribution in [3.05, 3.63) is 59.4 Å². The molecule has 0 aliphatic carbocycles. The minimum Gasteiger partial charge on any atom is -0.345 e. The molecule has 0 radical (unpaired) electrons. The standard InChI is InChI=1S/C27H41N3O2/c1-7-9-16-26(31)29(21(3)4)20-27(32)30(23(6)8-2)19-25-15-12-17-28(25)18-24-14-11-10-13-22(24)5/h10-15,17,21,23H,7-9,16,18-20H2,1-6H3. The summed E-state index contributed by atoms with van der Waals surface area (Å²) in [6.07, 6.45) is 5.29. The van der Waals surface area contributed by atoms with E-state index in [1.54, 1.807) is 4.90 Å². The lowest BCUT2D eigenvalue weighted by atomic mass is 10.1. The molecule has 32 heavy (non-hydrogen) atoms. The number of carbonyl (C=O) groups excluding carboxylic acids is 2. The van der Waals surface area contributed by atoms with E-state index >= 15 is 0 Å². The summed E-state index contributed by atoms with van der Waals surface area (Å²) >= 11 is 0. The highest BCUT2D eigenvalue weighted by atomic mass is 16.2. The van der Waals surface area contributed by atoms with Gasteiger partial charge in [-0.15, -0.1) is 0 Å². The Hall–Kier alpha value is -2.56. The van der Waals surface area contributed by atoms with E-state index in [1.807, 2.05) is 24.8 Å². The molecule has 2 aromatic rings. The van der Waals surface area contributed by atoms with Crippen molar-refractivity contribution >= 4 is 11.8 Å². The molecule has 176 valence electrons. The van der Waals surface area contributed by atoms with Crippen molar-refractivity contribution in [2.45, 2.75) is 92.4 Å². The molecule has 0 saturated heterocycles. The Bertz CT molecular complexity index is 871. The summed E-state index contributed by atoms with van der Waals surface area (Å²) in [4.78, 5) is 29.8. The van der Waals surface area contributed by atoms with Crippen LogP contribution in [0.15, 0.2) is 42.6 Å². The second kappa shape index (κ2) is 12.5. The fraction of sp³-hybridized carbons (Fsp3) is 0.556. The highest BCUT2D eigenvalue weighted by Gasteiger charge is 2.26. The van der Waals surface area contributed by atoms with E-state index in [0.29, 0.717) is 13.0 Å². The number of hydrogen-bond acceptors (Lipinski definition) is 2. The number of carbonyl (C=O) groups is 2. The molecule has 1 heterocycles. The smallest absolute Gasteiger partial charge is 0.242 e. The van der Waals surface area contributed by atoms with Crippen LogP contribution in [0.2, 0.25) is 0 Å². The van der Waals surface area contributed by atoms with Crippen molar-refractivity contribution in [3.8, 4) is 0 Å². The third kappa shape index (κ3) is 6.98. The number of aromatic nitrogens is 1. The molecule has 1 aromatic heterocycles. The molecule has 0 saturated carbocycles. The summed E-state index contributed by atoms with van der Waals surface area (Å²) in [5.41, 5.74) is 3.65. The van der Waals surface area contributed by atoms with Gasteiger partial charge in [0, 0.05) is 36.9 Å². The fourth-order valence-corrected chi connectivity index (χ4v) is 3.87. The molecule has 0 fully saturated rings. The molecule has 2 amide bonds. The van der Waals surface area contributed by atoms with Gasteiger partial charge in [0.2, 0.25) is 11.8 Å². The first-order valence-corrected chi connectivity index (χ1v) is 12.1. The van der Waals surface area contributed by atoms with Gasteiger partial charge in [0.1, 0.15) is 0 Å². The Morgan fingerprint density at radius 3 is 2.31 bits per heavy atom. The maximum absolute atomic E-state index is 13.4. The molecular formula is C27H41N3O2. The molecule has 5 heteroatoms. The van der Waals surface area contributed by atoms with Gasteiger partial charge in [0.25, 0.3) is 0 Å². The van der Waals surface area contributed by atoms with Crippen LogP contribution in [0.25, 0.3) is 0 Å². The summed E-state index contributed by atoms with van der Waals surface area (Å²) < 4.78 is 2.22. The van der Waals surface area contributed by atoms with E-state index in [1.165, 1.54) is 11.1 Å². The van der Waals surface area contributed by atoms with E-state index in [9.17, 15) is 9.59 Å². The molecule has 5 nitrogen and oxygen atoms in total. The van der Waals surface area contributed by atoms with Gasteiger partial charge in [-0.2, -0.15) is 0 Å². The maximum atomic E-state index is 13.4. The van der Waals surface area contributed by atoms with E-state index in [4.69, 9.17) is 0 Å². The Balaban J connectivity index is 2.19. The van der Waals surface area contributed by atoms with E-state index in [0.717, 1.165) is 31.5 Å². The second-order valence-electron chi connectivity index (χ2n) is 9.05. The number of nitrogens with zero attached hydrogens (tertiary/aromatic N) is 3. The third-order valence-electron chi connectivity index (χ3n) is 6.29. The number of unbranched alkanes of at least 4 members (excludes halogenated alkanes) is 1. The number of amides is 2. The monoisotopic (exact) mass is 439 g/mol. The Kier molecular flexibility index (Phi) is 10.0. The first-order chi connectivity index (χ1) is 15.3. The van der Waals surface area contributed by atoms with Crippen LogP contribution in [0, 0.1) is 6.92 Å². The molecule has 0 aliphatic heterocycles. The fourth-order valence-electron chi connectivity index (χ4n) is 3.87. The minimum atomic E-state index is 0.00649. The average Bonchev–Trinajstić information content (AvgIpc) is 3.21. The minimum absolute atomic E-state index is 0.00649. The molecule has 0 N–H and O–H groups in total. The van der Waals surface area contributed by atoms with Crippen LogP contribution in [0.4, 0.5) is 0 Å². The number of aryl methyl sites for hydroxylation is 1. The van der Waals surface area contributed by atoms with Crippen molar-refractivity contribution in [1.29, 1.82) is 0 Å². The predicted molar refractivity (Wildman–Crippen MR) is 131 cm³/mol. The van der Waals surface area contributed by atoms with Crippen molar-refractivity contribution < 1.29 is 9.59 Å². The summed E-state index contributed by atoms with van der Waals surface area (Å²) in [7, 11) is 0. The van der Waals surface area contributed by atoms with E-state index in [-0.39, 0.29) is 30.4 Å². The molecule has 2 rings (SSSR count). The summed E-state index contributed by atoms with van der Waals surface area (Å²) in [6, 6.07) is 12.6. The largest absolute Gasteiger partial charge is 0.345 e. The van der Waals surface area contributed by atoms with Crippen molar-refractivity contribution in [1.82, 2.24) is 14.4 Å². The quantitative estimate of drug-likeness (QED) is 0.444. The maximum Gasteiger partial charge on any atom is 0.242 e. The van der Waals surface area contributed by atoms with Crippen LogP contribution in [-0.4, -0.2) is 44.8 Å². The Morgan fingerprint density at radius 1 is 0.969 bits per heavy atom. The Morgan fingerprint density at radius 2 is 1.69 bits per heavy atom. The van der Waals surface area contributed by atoms with Crippen molar-refractivity contribution in [3.63, 3.8) is 0 Å². The first-order valence-electron chi connectivity index (χ1n) is 12.1. The number of hydrogen-bond donors (Lipinski definition) is 0. The van der Waals surface area contributed by atoms with Crippen LogP contribution in [0.3, 0.4) is 0 Å². The van der Waals surface area contributed by atoms with Crippen LogP contribution in [0.5, 0.6) is 0 Å². The van der Waals surface area contributed by atoms with Gasteiger partial charge < -0.3 is 14.4 Å². The summed E-state index contributed by atoms with van der Waals surface area (Å²) in [6.45, 7) is 13.8. The van der Waals surface area contributed by atoms with Gasteiger partial charge in [0.15, 0.2) is 0 Å². The van der Waals surface area contributed by atoms with Crippen molar-refractivity contribution in [2.24, 2.45) is 0 Å². The average molecular weight is 440 g/mol. The molecule has 0 bridgehead atoms. The Labute approximate surface area is 194 Å². The highest BCUT2D eigenvalue weighted by Crippen LogP contribution is 2.17. The topological polar surface area (TPSA) is 45.6 Å². The van der Waals surface area contributed by atoms with Crippen LogP contribution >= 0.6 is 0 Å². The molecule has 1 atom stereocenters. The van der Waals surface area contributed by atoms with E-state index < -0.39 is 0 Å². The van der Waals surface area contributed by atoms with Gasteiger partial charge >= 0.3 is 0 Å². The van der Waals surface area contributed by atoms with Crippen LogP contribution < -0.4 is 0 Å². The second-order valence-corrected chi connectivity index (χ2v) is 9.05. The van der Waals surface area contributed by atoms with Crippen LogP contribution in [0.1, 0.15) is 77.1 Å². The van der Waals surface area contributed by atoms with Crippen molar-refractivity contribution in [2.75, 3.05) is 6.54 Å². The van der Waals surface area contributed by atoms with Gasteiger partial charge in [-0.05, 0) is 63.8 Å². The zero-order valence-electron chi connectivity index (χ0n) is 20.8. The van der Waals surface area contributed by atoms with E-state index in [2.05, 4.69) is 68.8 Å². The SMILES string of the molecule is CCCCC(=O)N(CC(=O)N(Cc1cccn1Cc1ccccc1C)C(C)CC)C(C)C. The molecular weight excluding hydrogens is 398 g/mol. The zero-order valence-corrected chi connectivity index (χ0v) is 20.8. The van der Waals surface area contributed by atoms with Gasteiger partial charge in [-0.1, -0.05) is 44.5 Å². The highest BCUT2D eigenvalue weighted by molar-refractivity contribution is 5.85. The number of rotatable bonds is 12. The predicted octanol–water partition coefficient (Wildman–Crippen LogP) is 5.40. The van der Waals surface area contributed by atoms with Gasteiger partial charge in [0.05, 0.1) is 13.1 Å². The lowest BCUT2D eigenvalue weighted by Crippen LogP contribution is -2.48. The molecule has 1 unspecified atom stereocenters. The van der Waals surface area contributed by atoms with Gasteiger partial charge in [-0.25, -0.2) is 0 Å². The third-order valence-corrected chi connectivity index (χ3v) is 6.29. The molecule has 1 aromatic carbocycles. The normalized spacial score (nSPS) is 12.1. The summed E-state index contributed by atoms with van der Waals surface area (Å²) in [5, 5.41) is 0. The zero-order chi connectivity index (χ0) is 23.7. The van der Waals surface area contributed by atoms with Crippen LogP contribution in [-0.2, 0) is 22.7 Å². The lowest BCUT2D eigenvalue weighted by molar-refractivity contribution is -0.143. The summed E-state index contributed by atoms with van der Waals surface area (Å²) in [5.74, 6) is 0.0868. The lowest BCUT2D eigenvalue weighted by Gasteiger charge is -2.33.